The number of benzene rings is 1. The standard InChI is InChI=1S/C11H16O2Si/c1-4-7-10-8-5-6-9-11(10)14(12-2)13-3/h4-6,8-9,14H,1,7H2,2-3H3. The predicted molar refractivity (Wildman–Crippen MR) is 61.1 cm³/mol. The highest BCUT2D eigenvalue weighted by atomic mass is 28.3. The number of hydrogen-bond acceptors (Lipinski definition) is 2. The molecule has 0 aliphatic carbocycles. The third kappa shape index (κ3) is 2.54. The topological polar surface area (TPSA) is 18.5 Å². The fraction of sp³-hybridized carbons (Fsp3) is 0.273. The lowest BCUT2D eigenvalue weighted by atomic mass is 10.1. The van der Waals surface area contributed by atoms with Crippen LogP contribution in [-0.2, 0) is 15.3 Å². The maximum Gasteiger partial charge on any atom is 0.355 e. The van der Waals surface area contributed by atoms with Crippen LogP contribution < -0.4 is 5.19 Å². The summed E-state index contributed by atoms with van der Waals surface area (Å²) in [6.07, 6.45) is 2.77. The molecule has 0 bridgehead atoms. The molecule has 0 saturated carbocycles. The molecule has 1 aromatic carbocycles. The van der Waals surface area contributed by atoms with Gasteiger partial charge in [0.1, 0.15) is 0 Å². The van der Waals surface area contributed by atoms with E-state index in [2.05, 4.69) is 18.7 Å². The van der Waals surface area contributed by atoms with E-state index in [9.17, 15) is 0 Å². The highest BCUT2D eigenvalue weighted by Crippen LogP contribution is 2.01. The highest BCUT2D eigenvalue weighted by molar-refractivity contribution is 6.61. The quantitative estimate of drug-likeness (QED) is 0.533. The smallest absolute Gasteiger partial charge is 0.355 e. The van der Waals surface area contributed by atoms with E-state index in [0.717, 1.165) is 6.42 Å². The van der Waals surface area contributed by atoms with Gasteiger partial charge in [0.2, 0.25) is 0 Å². The fourth-order valence-electron chi connectivity index (χ4n) is 1.46. The zero-order valence-electron chi connectivity index (χ0n) is 8.69. The highest BCUT2D eigenvalue weighted by Gasteiger charge is 2.15. The minimum atomic E-state index is -1.67. The van der Waals surface area contributed by atoms with Gasteiger partial charge >= 0.3 is 9.28 Å². The van der Waals surface area contributed by atoms with Crippen molar-refractivity contribution >= 4 is 14.5 Å². The molecular weight excluding hydrogens is 192 g/mol. The van der Waals surface area contributed by atoms with E-state index in [4.69, 9.17) is 8.85 Å². The van der Waals surface area contributed by atoms with Crippen LogP contribution in [0.1, 0.15) is 5.56 Å². The summed E-state index contributed by atoms with van der Waals surface area (Å²) in [5, 5.41) is 1.21. The average Bonchev–Trinajstić information content (AvgIpc) is 2.23. The first kappa shape index (κ1) is 11.2. The Morgan fingerprint density at radius 2 is 1.93 bits per heavy atom. The zero-order valence-corrected chi connectivity index (χ0v) is 9.85. The van der Waals surface area contributed by atoms with Crippen LogP contribution in [0.5, 0.6) is 0 Å². The van der Waals surface area contributed by atoms with Crippen molar-refractivity contribution in [3.05, 3.63) is 42.5 Å². The molecule has 0 amide bonds. The molecule has 3 heteroatoms. The van der Waals surface area contributed by atoms with Crippen molar-refractivity contribution in [2.24, 2.45) is 0 Å². The molecule has 0 aromatic heterocycles. The lowest BCUT2D eigenvalue weighted by Gasteiger charge is -2.14. The van der Waals surface area contributed by atoms with Gasteiger partial charge in [-0.05, 0) is 17.2 Å². The van der Waals surface area contributed by atoms with Gasteiger partial charge in [-0.2, -0.15) is 0 Å². The van der Waals surface area contributed by atoms with Gasteiger partial charge in [-0.15, -0.1) is 6.58 Å². The minimum absolute atomic E-state index is 0.867. The summed E-state index contributed by atoms with van der Waals surface area (Å²) >= 11 is 0. The van der Waals surface area contributed by atoms with E-state index in [0.29, 0.717) is 0 Å². The summed E-state index contributed by atoms with van der Waals surface area (Å²) < 4.78 is 10.7. The lowest BCUT2D eigenvalue weighted by Crippen LogP contribution is -2.37. The molecule has 0 atom stereocenters. The molecule has 0 fully saturated rings. The molecule has 0 radical (unpaired) electrons. The maximum absolute atomic E-state index is 5.35. The Bertz CT molecular complexity index is 295. The number of rotatable bonds is 5. The van der Waals surface area contributed by atoms with Gasteiger partial charge in [0.05, 0.1) is 0 Å². The first-order chi connectivity index (χ1) is 6.83. The van der Waals surface area contributed by atoms with Gasteiger partial charge in [-0.25, -0.2) is 0 Å². The lowest BCUT2D eigenvalue weighted by molar-refractivity contribution is 0.291. The molecule has 0 heterocycles. The van der Waals surface area contributed by atoms with Crippen molar-refractivity contribution in [3.63, 3.8) is 0 Å². The first-order valence-electron chi connectivity index (χ1n) is 4.57. The van der Waals surface area contributed by atoms with Gasteiger partial charge in [-0.3, -0.25) is 0 Å². The van der Waals surface area contributed by atoms with E-state index < -0.39 is 9.28 Å². The van der Waals surface area contributed by atoms with E-state index in [1.165, 1.54) is 10.8 Å². The normalized spacial score (nSPS) is 10.5. The Kier molecular flexibility index (Phi) is 4.59. The van der Waals surface area contributed by atoms with E-state index >= 15 is 0 Å². The van der Waals surface area contributed by atoms with Crippen molar-refractivity contribution < 1.29 is 8.85 Å². The van der Waals surface area contributed by atoms with E-state index in [1.54, 1.807) is 14.2 Å². The number of hydrogen-bond donors (Lipinski definition) is 0. The van der Waals surface area contributed by atoms with Crippen molar-refractivity contribution in [2.75, 3.05) is 14.2 Å². The van der Waals surface area contributed by atoms with Gasteiger partial charge in [-0.1, -0.05) is 30.3 Å². The molecule has 0 spiro atoms. The minimum Gasteiger partial charge on any atom is -0.397 e. The van der Waals surface area contributed by atoms with Crippen LogP contribution in [-0.4, -0.2) is 23.5 Å². The second-order valence-electron chi connectivity index (χ2n) is 2.99. The maximum atomic E-state index is 5.35. The van der Waals surface area contributed by atoms with Crippen LogP contribution in [0.25, 0.3) is 0 Å². The monoisotopic (exact) mass is 208 g/mol. The summed E-state index contributed by atoms with van der Waals surface area (Å²) in [6.45, 7) is 3.74. The second-order valence-corrected chi connectivity index (χ2v) is 5.22. The molecule has 0 aliphatic heterocycles. The molecule has 2 nitrogen and oxygen atoms in total. The summed E-state index contributed by atoms with van der Waals surface area (Å²) in [4.78, 5) is 0. The van der Waals surface area contributed by atoms with Gasteiger partial charge < -0.3 is 8.85 Å². The molecule has 14 heavy (non-hydrogen) atoms. The summed E-state index contributed by atoms with van der Waals surface area (Å²) in [6, 6.07) is 8.21. The summed E-state index contributed by atoms with van der Waals surface area (Å²) in [5.74, 6) is 0. The van der Waals surface area contributed by atoms with Crippen molar-refractivity contribution in [3.8, 4) is 0 Å². The van der Waals surface area contributed by atoms with Crippen LogP contribution >= 0.6 is 0 Å². The zero-order chi connectivity index (χ0) is 10.4. The molecule has 0 aliphatic rings. The molecule has 1 rings (SSSR count). The van der Waals surface area contributed by atoms with Gasteiger partial charge in [0.15, 0.2) is 0 Å². The Hall–Kier alpha value is -0.903. The summed E-state index contributed by atoms with van der Waals surface area (Å²) in [5.41, 5.74) is 1.25. The van der Waals surface area contributed by atoms with Crippen LogP contribution in [0.3, 0.4) is 0 Å². The van der Waals surface area contributed by atoms with Crippen LogP contribution in [0.4, 0.5) is 0 Å². The average molecular weight is 208 g/mol. The number of allylic oxidation sites excluding steroid dienone is 1. The SMILES string of the molecule is C=CCc1ccccc1[SiH](OC)OC. The molecule has 76 valence electrons. The second kappa shape index (κ2) is 5.75. The summed E-state index contributed by atoms with van der Waals surface area (Å²) in [7, 11) is 1.73. The van der Waals surface area contributed by atoms with Crippen molar-refractivity contribution in [1.82, 2.24) is 0 Å². The van der Waals surface area contributed by atoms with Gasteiger partial charge in [0, 0.05) is 14.2 Å². The van der Waals surface area contributed by atoms with Gasteiger partial charge in [0.25, 0.3) is 0 Å². The molecule has 0 N–H and O–H groups in total. The molecule has 0 unspecified atom stereocenters. The predicted octanol–water partition coefficient (Wildman–Crippen LogP) is 1.14. The van der Waals surface area contributed by atoms with Crippen LogP contribution in [0, 0.1) is 0 Å². The third-order valence-electron chi connectivity index (χ3n) is 2.10. The Balaban J connectivity index is 2.98. The molecule has 0 saturated heterocycles. The Morgan fingerprint density at radius 3 is 2.50 bits per heavy atom. The largest absolute Gasteiger partial charge is 0.397 e. The van der Waals surface area contributed by atoms with Crippen LogP contribution in [0.15, 0.2) is 36.9 Å². The van der Waals surface area contributed by atoms with Crippen molar-refractivity contribution in [2.45, 2.75) is 6.42 Å². The van der Waals surface area contributed by atoms with E-state index in [1.807, 2.05) is 18.2 Å². The fourth-order valence-corrected chi connectivity index (χ4v) is 2.94. The molecular formula is C11H16O2Si. The Morgan fingerprint density at radius 1 is 1.29 bits per heavy atom. The van der Waals surface area contributed by atoms with E-state index in [-0.39, 0.29) is 0 Å². The molecule has 1 aromatic rings. The van der Waals surface area contributed by atoms with Crippen LogP contribution in [0.2, 0.25) is 0 Å². The first-order valence-corrected chi connectivity index (χ1v) is 6.09. The third-order valence-corrected chi connectivity index (χ3v) is 4.03. The Labute approximate surface area is 87.0 Å². The van der Waals surface area contributed by atoms with Crippen molar-refractivity contribution in [1.29, 1.82) is 0 Å².